The Morgan fingerprint density at radius 1 is 1.27 bits per heavy atom. The number of nitrogens with one attached hydrogen (secondary N) is 1. The quantitative estimate of drug-likeness (QED) is 0.468. The molecule has 174 valence electrons. The van der Waals surface area contributed by atoms with E-state index in [4.69, 9.17) is 14.5 Å². The van der Waals surface area contributed by atoms with Crippen molar-refractivity contribution in [3.63, 3.8) is 0 Å². The first-order chi connectivity index (χ1) is 16.1. The van der Waals surface area contributed by atoms with Crippen LogP contribution in [-0.2, 0) is 9.53 Å². The van der Waals surface area contributed by atoms with Crippen LogP contribution in [-0.4, -0.2) is 43.3 Å². The number of anilines is 2. The number of carbonyl (C=O) groups excluding carboxylic acids is 1. The molecule has 1 saturated heterocycles. The average Bonchev–Trinajstić information content (AvgIpc) is 3.54. The maximum atomic E-state index is 13.4. The summed E-state index contributed by atoms with van der Waals surface area (Å²) in [4.78, 5) is 20.0. The van der Waals surface area contributed by atoms with Crippen LogP contribution < -0.4 is 15.0 Å². The van der Waals surface area contributed by atoms with E-state index in [9.17, 15) is 9.18 Å². The fraction of sp³-hybridized carbons (Fsp3) is 0.360. The van der Waals surface area contributed by atoms with Crippen molar-refractivity contribution in [2.75, 3.05) is 25.2 Å². The topological polar surface area (TPSA) is 63.7 Å². The molecule has 2 aromatic carbocycles. The summed E-state index contributed by atoms with van der Waals surface area (Å²) >= 11 is 1.45. The molecule has 0 radical (unpaired) electrons. The molecule has 1 N–H and O–H groups in total. The number of nitrogens with zero attached hydrogens (tertiary/aromatic N) is 2. The van der Waals surface area contributed by atoms with Crippen LogP contribution in [0.15, 0.2) is 53.9 Å². The Morgan fingerprint density at radius 2 is 2.03 bits per heavy atom. The number of ether oxygens (including phenoxy) is 2. The second-order valence-corrected chi connectivity index (χ2v) is 8.73. The smallest absolute Gasteiger partial charge is 0.243 e. The van der Waals surface area contributed by atoms with Gasteiger partial charge < -0.3 is 19.7 Å². The fourth-order valence-corrected chi connectivity index (χ4v) is 4.82. The Hall–Kier alpha value is -2.97. The highest BCUT2D eigenvalue weighted by Gasteiger charge is 2.29. The number of carbonyl (C=O) groups is 1. The Balaban J connectivity index is 1.63. The molecule has 33 heavy (non-hydrogen) atoms. The Kier molecular flexibility index (Phi) is 7.57. The van der Waals surface area contributed by atoms with Gasteiger partial charge in [-0.1, -0.05) is 6.92 Å². The lowest BCUT2D eigenvalue weighted by Gasteiger charge is -2.30. The zero-order chi connectivity index (χ0) is 23.2. The van der Waals surface area contributed by atoms with Gasteiger partial charge in [-0.05, 0) is 67.8 Å². The van der Waals surface area contributed by atoms with Crippen molar-refractivity contribution < 1.29 is 18.7 Å². The highest BCUT2D eigenvalue weighted by Crippen LogP contribution is 2.35. The number of thiazole rings is 1. The Bertz CT molecular complexity index is 1050. The minimum atomic E-state index is -0.452. The summed E-state index contributed by atoms with van der Waals surface area (Å²) in [6, 6.07) is 13.4. The number of benzene rings is 2. The first-order valence-corrected chi connectivity index (χ1v) is 12.0. The largest absolute Gasteiger partial charge is 0.497 e. The summed E-state index contributed by atoms with van der Waals surface area (Å²) < 4.78 is 24.3. The number of amides is 1. The van der Waals surface area contributed by atoms with Crippen LogP contribution >= 0.6 is 11.3 Å². The summed E-state index contributed by atoms with van der Waals surface area (Å²) in [5, 5.41) is 5.69. The van der Waals surface area contributed by atoms with E-state index in [1.807, 2.05) is 41.5 Å². The predicted octanol–water partition coefficient (Wildman–Crippen LogP) is 5.17. The summed E-state index contributed by atoms with van der Waals surface area (Å²) in [7, 11) is 1.62. The van der Waals surface area contributed by atoms with Crippen LogP contribution in [0.2, 0.25) is 0 Å². The lowest BCUT2D eigenvalue weighted by molar-refractivity contribution is -0.122. The van der Waals surface area contributed by atoms with Crippen LogP contribution in [0.1, 0.15) is 26.2 Å². The third-order valence-electron chi connectivity index (χ3n) is 5.72. The predicted molar refractivity (Wildman–Crippen MR) is 129 cm³/mol. The molecular weight excluding hydrogens is 441 g/mol. The van der Waals surface area contributed by atoms with E-state index in [1.165, 1.54) is 23.5 Å². The van der Waals surface area contributed by atoms with Gasteiger partial charge in [-0.2, -0.15) is 0 Å². The van der Waals surface area contributed by atoms with Crippen molar-refractivity contribution in [1.29, 1.82) is 0 Å². The molecule has 0 bridgehead atoms. The van der Waals surface area contributed by atoms with Gasteiger partial charge in [0.25, 0.3) is 0 Å². The van der Waals surface area contributed by atoms with Crippen molar-refractivity contribution in [2.45, 2.75) is 38.3 Å². The van der Waals surface area contributed by atoms with E-state index in [1.54, 1.807) is 19.2 Å². The van der Waals surface area contributed by atoms with Gasteiger partial charge in [-0.15, -0.1) is 11.3 Å². The third-order valence-corrected chi connectivity index (χ3v) is 6.56. The molecule has 3 aromatic rings. The number of hydrogen-bond acceptors (Lipinski definition) is 6. The van der Waals surface area contributed by atoms with Gasteiger partial charge in [0.15, 0.2) is 5.13 Å². The number of halogens is 1. The third kappa shape index (κ3) is 5.51. The van der Waals surface area contributed by atoms with E-state index in [0.29, 0.717) is 18.1 Å². The van der Waals surface area contributed by atoms with Crippen molar-refractivity contribution in [3.05, 3.63) is 59.7 Å². The minimum absolute atomic E-state index is 0.0673. The molecule has 1 aliphatic rings. The minimum Gasteiger partial charge on any atom is -0.497 e. The molecule has 4 rings (SSSR count). The van der Waals surface area contributed by atoms with Crippen molar-refractivity contribution >= 4 is 28.1 Å². The van der Waals surface area contributed by atoms with Gasteiger partial charge >= 0.3 is 0 Å². The van der Waals surface area contributed by atoms with Crippen LogP contribution in [0.25, 0.3) is 11.3 Å². The molecule has 2 unspecified atom stereocenters. The molecule has 2 heterocycles. The molecule has 0 saturated carbocycles. The van der Waals surface area contributed by atoms with Crippen molar-refractivity contribution in [3.8, 4) is 17.0 Å². The second-order valence-electron chi connectivity index (χ2n) is 7.89. The standard InChI is InChI=1S/C25H28FN3O3S/c1-3-23(24(30)27-15-21-5-4-14-32-21)29(19-10-12-20(31-2)13-11-19)25-28-22(16-33-25)17-6-8-18(26)9-7-17/h6-13,16,21,23H,3-5,14-15H2,1-2H3,(H,27,30). The molecule has 1 aliphatic heterocycles. The second kappa shape index (κ2) is 10.8. The van der Waals surface area contributed by atoms with Gasteiger partial charge in [-0.3, -0.25) is 4.79 Å². The number of methoxy groups -OCH3 is 1. The molecular formula is C25H28FN3O3S. The van der Waals surface area contributed by atoms with Gasteiger partial charge in [0.2, 0.25) is 5.91 Å². The van der Waals surface area contributed by atoms with E-state index in [2.05, 4.69) is 5.32 Å². The lowest BCUT2D eigenvalue weighted by atomic mass is 10.1. The number of aromatic nitrogens is 1. The van der Waals surface area contributed by atoms with Crippen molar-refractivity contribution in [2.24, 2.45) is 0 Å². The molecule has 6 nitrogen and oxygen atoms in total. The van der Waals surface area contributed by atoms with Gasteiger partial charge in [0.05, 0.1) is 18.9 Å². The molecule has 2 atom stereocenters. The van der Waals surface area contributed by atoms with Crippen LogP contribution in [0.5, 0.6) is 5.75 Å². The highest BCUT2D eigenvalue weighted by atomic mass is 32.1. The van der Waals surface area contributed by atoms with E-state index in [0.717, 1.165) is 42.1 Å². The first-order valence-electron chi connectivity index (χ1n) is 11.1. The van der Waals surface area contributed by atoms with Gasteiger partial charge in [-0.25, -0.2) is 9.37 Å². The Labute approximate surface area is 197 Å². The summed E-state index contributed by atoms with van der Waals surface area (Å²) in [6.07, 6.45) is 2.66. The summed E-state index contributed by atoms with van der Waals surface area (Å²) in [6.45, 7) is 3.24. The van der Waals surface area contributed by atoms with Crippen molar-refractivity contribution in [1.82, 2.24) is 10.3 Å². The highest BCUT2D eigenvalue weighted by molar-refractivity contribution is 7.14. The summed E-state index contributed by atoms with van der Waals surface area (Å²) in [5.41, 5.74) is 2.41. The van der Waals surface area contributed by atoms with E-state index in [-0.39, 0.29) is 17.8 Å². The monoisotopic (exact) mass is 469 g/mol. The zero-order valence-corrected chi connectivity index (χ0v) is 19.6. The molecule has 1 aromatic heterocycles. The molecule has 0 aliphatic carbocycles. The van der Waals surface area contributed by atoms with E-state index < -0.39 is 6.04 Å². The number of rotatable bonds is 9. The molecule has 1 amide bonds. The van der Waals surface area contributed by atoms with E-state index >= 15 is 0 Å². The maximum Gasteiger partial charge on any atom is 0.243 e. The molecule has 0 spiro atoms. The number of hydrogen-bond donors (Lipinski definition) is 1. The van der Waals surface area contributed by atoms with Gasteiger partial charge in [0.1, 0.15) is 17.6 Å². The van der Waals surface area contributed by atoms with Crippen LogP contribution in [0, 0.1) is 5.82 Å². The Morgan fingerprint density at radius 3 is 2.67 bits per heavy atom. The van der Waals surface area contributed by atoms with Gasteiger partial charge in [0, 0.05) is 29.8 Å². The fourth-order valence-electron chi connectivity index (χ4n) is 3.92. The summed E-state index contributed by atoms with van der Waals surface area (Å²) in [5.74, 6) is 0.381. The van der Waals surface area contributed by atoms with Crippen LogP contribution in [0.3, 0.4) is 0 Å². The normalized spacial score (nSPS) is 16.4. The average molecular weight is 470 g/mol. The maximum absolute atomic E-state index is 13.4. The molecule has 8 heteroatoms. The zero-order valence-electron chi connectivity index (χ0n) is 18.8. The van der Waals surface area contributed by atoms with Crippen LogP contribution in [0.4, 0.5) is 15.2 Å². The lowest BCUT2D eigenvalue weighted by Crippen LogP contribution is -2.46. The molecule has 1 fully saturated rings. The first kappa shape index (κ1) is 23.2. The SMILES string of the molecule is CCC(C(=O)NCC1CCCO1)N(c1ccc(OC)cc1)c1nc(-c2ccc(F)cc2)cs1.